The third kappa shape index (κ3) is 2.20. The second kappa shape index (κ2) is 5.13. The van der Waals surface area contributed by atoms with Crippen molar-refractivity contribution < 1.29 is 4.74 Å². The van der Waals surface area contributed by atoms with Crippen molar-refractivity contribution in [3.63, 3.8) is 0 Å². The molecule has 2 aliphatic rings. The molecule has 0 saturated carbocycles. The van der Waals surface area contributed by atoms with Crippen molar-refractivity contribution in [3.8, 4) is 0 Å². The fourth-order valence-corrected chi connectivity index (χ4v) is 3.37. The van der Waals surface area contributed by atoms with Crippen LogP contribution in [-0.4, -0.2) is 48.3 Å². The maximum Gasteiger partial charge on any atom is 0.0867 e. The molecule has 2 atom stereocenters. The molecule has 0 amide bonds. The van der Waals surface area contributed by atoms with E-state index in [0.29, 0.717) is 12.1 Å². The molecule has 1 aromatic heterocycles. The molecule has 0 bridgehead atoms. The first-order valence-corrected chi connectivity index (χ1v) is 7.29. The number of rotatable bonds is 2. The lowest BCUT2D eigenvalue weighted by Gasteiger charge is -2.25. The van der Waals surface area contributed by atoms with Crippen LogP contribution >= 0.6 is 0 Å². The van der Waals surface area contributed by atoms with Crippen molar-refractivity contribution in [1.82, 2.24) is 15.2 Å². The Morgan fingerprint density at radius 1 is 1.30 bits per heavy atom. The summed E-state index contributed by atoms with van der Waals surface area (Å²) in [7, 11) is 0. The van der Waals surface area contributed by atoms with Gasteiger partial charge in [0.05, 0.1) is 12.7 Å². The van der Waals surface area contributed by atoms with Gasteiger partial charge >= 0.3 is 0 Å². The Bertz CT molecular complexity index is 596. The highest BCUT2D eigenvalue weighted by atomic mass is 16.5. The lowest BCUT2D eigenvalue weighted by molar-refractivity contribution is 0.0175. The number of ether oxygens (including phenoxy) is 1. The third-order valence-electron chi connectivity index (χ3n) is 4.35. The van der Waals surface area contributed by atoms with Gasteiger partial charge in [-0.15, -0.1) is 0 Å². The second-order valence-corrected chi connectivity index (χ2v) is 5.68. The number of benzene rings is 1. The van der Waals surface area contributed by atoms with Crippen molar-refractivity contribution >= 4 is 10.8 Å². The van der Waals surface area contributed by atoms with E-state index < -0.39 is 0 Å². The van der Waals surface area contributed by atoms with Crippen LogP contribution in [-0.2, 0) is 11.3 Å². The molecule has 104 valence electrons. The van der Waals surface area contributed by atoms with Crippen molar-refractivity contribution in [1.29, 1.82) is 0 Å². The molecule has 2 fully saturated rings. The Balaban J connectivity index is 1.56. The summed E-state index contributed by atoms with van der Waals surface area (Å²) in [6.07, 6.45) is 4.17. The molecule has 2 saturated heterocycles. The number of hydrogen-bond acceptors (Lipinski definition) is 4. The topological polar surface area (TPSA) is 37.4 Å². The fourth-order valence-electron chi connectivity index (χ4n) is 3.37. The van der Waals surface area contributed by atoms with Gasteiger partial charge in [-0.3, -0.25) is 9.88 Å². The molecule has 0 unspecified atom stereocenters. The minimum atomic E-state index is 0.361. The van der Waals surface area contributed by atoms with E-state index in [1.807, 2.05) is 12.4 Å². The largest absolute Gasteiger partial charge is 0.374 e. The number of likely N-dealkylation sites (tertiary alicyclic amines) is 1. The summed E-state index contributed by atoms with van der Waals surface area (Å²) >= 11 is 0. The van der Waals surface area contributed by atoms with Crippen LogP contribution in [0.15, 0.2) is 36.7 Å². The molecule has 4 rings (SSSR count). The van der Waals surface area contributed by atoms with E-state index in [1.165, 1.54) is 16.3 Å². The summed E-state index contributed by atoms with van der Waals surface area (Å²) < 4.78 is 5.84. The normalized spacial score (nSPS) is 26.8. The zero-order chi connectivity index (χ0) is 13.4. The Labute approximate surface area is 118 Å². The standard InChI is InChI=1S/C16H19N3O/c1-2-12-8-17-5-4-14(12)13(3-1)9-19-10-15-16(11-19)20-7-6-18-15/h1-5,8,15-16,18H,6-7,9-11H2/t15-,16-/m0/s1. The Kier molecular flexibility index (Phi) is 3.14. The summed E-state index contributed by atoms with van der Waals surface area (Å²) in [6.45, 7) is 4.91. The SMILES string of the molecule is c1cc(CN2C[C@@H]3NCCO[C@H]3C2)c2ccncc2c1. The van der Waals surface area contributed by atoms with Gasteiger partial charge in [0, 0.05) is 50.0 Å². The lowest BCUT2D eigenvalue weighted by atomic mass is 10.1. The summed E-state index contributed by atoms with van der Waals surface area (Å²) in [5.41, 5.74) is 1.38. The molecule has 2 aromatic rings. The molecular formula is C16H19N3O. The van der Waals surface area contributed by atoms with E-state index in [4.69, 9.17) is 4.74 Å². The smallest absolute Gasteiger partial charge is 0.0867 e. The van der Waals surface area contributed by atoms with Crippen LogP contribution in [0.1, 0.15) is 5.56 Å². The van der Waals surface area contributed by atoms with Crippen molar-refractivity contribution in [3.05, 3.63) is 42.2 Å². The van der Waals surface area contributed by atoms with Crippen molar-refractivity contribution in [2.75, 3.05) is 26.2 Å². The highest BCUT2D eigenvalue weighted by molar-refractivity contribution is 5.84. The Morgan fingerprint density at radius 2 is 2.30 bits per heavy atom. The molecule has 4 nitrogen and oxygen atoms in total. The van der Waals surface area contributed by atoms with E-state index in [9.17, 15) is 0 Å². The first-order chi connectivity index (χ1) is 9.90. The molecule has 2 aliphatic heterocycles. The van der Waals surface area contributed by atoms with Gasteiger partial charge in [0.15, 0.2) is 0 Å². The molecule has 1 N–H and O–H groups in total. The van der Waals surface area contributed by atoms with E-state index in [2.05, 4.69) is 39.5 Å². The predicted molar refractivity (Wildman–Crippen MR) is 78.6 cm³/mol. The summed E-state index contributed by atoms with van der Waals surface area (Å²) in [6, 6.07) is 9.08. The molecule has 0 radical (unpaired) electrons. The Hall–Kier alpha value is -1.49. The second-order valence-electron chi connectivity index (χ2n) is 5.68. The lowest BCUT2D eigenvalue weighted by Crippen LogP contribution is -2.47. The zero-order valence-corrected chi connectivity index (χ0v) is 11.5. The van der Waals surface area contributed by atoms with Gasteiger partial charge < -0.3 is 10.1 Å². The van der Waals surface area contributed by atoms with E-state index in [1.54, 1.807) is 0 Å². The minimum absolute atomic E-state index is 0.361. The molecule has 4 heteroatoms. The van der Waals surface area contributed by atoms with Crippen LogP contribution in [0.3, 0.4) is 0 Å². The number of aromatic nitrogens is 1. The van der Waals surface area contributed by atoms with Crippen LogP contribution < -0.4 is 5.32 Å². The van der Waals surface area contributed by atoms with Gasteiger partial charge in [-0.1, -0.05) is 18.2 Å². The molecule has 0 spiro atoms. The van der Waals surface area contributed by atoms with Crippen molar-refractivity contribution in [2.45, 2.75) is 18.7 Å². The highest BCUT2D eigenvalue weighted by Crippen LogP contribution is 2.23. The van der Waals surface area contributed by atoms with E-state index >= 15 is 0 Å². The fraction of sp³-hybridized carbons (Fsp3) is 0.438. The maximum absolute atomic E-state index is 5.84. The van der Waals surface area contributed by atoms with Crippen LogP contribution in [0.2, 0.25) is 0 Å². The van der Waals surface area contributed by atoms with Gasteiger partial charge in [-0.25, -0.2) is 0 Å². The summed E-state index contributed by atoms with van der Waals surface area (Å²) in [5, 5.41) is 6.09. The zero-order valence-electron chi connectivity index (χ0n) is 11.5. The van der Waals surface area contributed by atoms with Gasteiger partial charge in [-0.05, 0) is 17.0 Å². The van der Waals surface area contributed by atoms with Crippen LogP contribution in [0.4, 0.5) is 0 Å². The van der Waals surface area contributed by atoms with E-state index in [0.717, 1.165) is 32.8 Å². The van der Waals surface area contributed by atoms with Gasteiger partial charge in [-0.2, -0.15) is 0 Å². The number of hydrogen-bond donors (Lipinski definition) is 1. The first-order valence-electron chi connectivity index (χ1n) is 7.29. The number of nitrogens with one attached hydrogen (secondary N) is 1. The molecule has 3 heterocycles. The van der Waals surface area contributed by atoms with Crippen LogP contribution in [0.25, 0.3) is 10.8 Å². The van der Waals surface area contributed by atoms with Crippen LogP contribution in [0, 0.1) is 0 Å². The summed E-state index contributed by atoms with van der Waals surface area (Å²) in [4.78, 5) is 6.69. The first kappa shape index (κ1) is 12.3. The van der Waals surface area contributed by atoms with Crippen molar-refractivity contribution in [2.24, 2.45) is 0 Å². The average molecular weight is 269 g/mol. The van der Waals surface area contributed by atoms with Gasteiger partial charge in [0.25, 0.3) is 0 Å². The Morgan fingerprint density at radius 3 is 3.25 bits per heavy atom. The minimum Gasteiger partial charge on any atom is -0.374 e. The number of morpholine rings is 1. The molecule has 20 heavy (non-hydrogen) atoms. The molecule has 1 aromatic carbocycles. The maximum atomic E-state index is 5.84. The number of fused-ring (bicyclic) bond motifs is 2. The van der Waals surface area contributed by atoms with Gasteiger partial charge in [0.1, 0.15) is 0 Å². The third-order valence-corrected chi connectivity index (χ3v) is 4.35. The van der Waals surface area contributed by atoms with Gasteiger partial charge in [0.2, 0.25) is 0 Å². The van der Waals surface area contributed by atoms with E-state index in [-0.39, 0.29) is 0 Å². The monoisotopic (exact) mass is 269 g/mol. The van der Waals surface area contributed by atoms with Crippen LogP contribution in [0.5, 0.6) is 0 Å². The number of nitrogens with zero attached hydrogens (tertiary/aromatic N) is 2. The predicted octanol–water partition coefficient (Wildman–Crippen LogP) is 1.41. The molecule has 0 aliphatic carbocycles. The highest BCUT2D eigenvalue weighted by Gasteiger charge is 2.35. The summed E-state index contributed by atoms with van der Waals surface area (Å²) in [5.74, 6) is 0. The average Bonchev–Trinajstić information content (AvgIpc) is 2.90. The molecular weight excluding hydrogens is 250 g/mol. The quantitative estimate of drug-likeness (QED) is 0.894. The number of pyridine rings is 1.